The number of hydrogen-bond donors (Lipinski definition) is 4. The lowest BCUT2D eigenvalue weighted by Crippen LogP contribution is -2.38. The van der Waals surface area contributed by atoms with Crippen molar-refractivity contribution in [2.75, 3.05) is 19.8 Å². The van der Waals surface area contributed by atoms with Crippen molar-refractivity contribution in [2.45, 2.75) is 19.8 Å². The van der Waals surface area contributed by atoms with Gasteiger partial charge in [-0.1, -0.05) is 13.8 Å². The van der Waals surface area contributed by atoms with E-state index in [2.05, 4.69) is 10.4 Å². The molecule has 0 fully saturated rings. The quantitative estimate of drug-likeness (QED) is 0.645. The molecule has 0 bridgehead atoms. The number of aliphatic hydroxyl groups is 1. The molecule has 0 saturated heterocycles. The first kappa shape index (κ1) is 13.6. The third-order valence-corrected chi connectivity index (χ3v) is 3.06. The van der Waals surface area contributed by atoms with E-state index in [1.807, 2.05) is 13.8 Å². The highest BCUT2D eigenvalue weighted by Gasteiger charge is 2.20. The fourth-order valence-corrected chi connectivity index (χ4v) is 2.02. The van der Waals surface area contributed by atoms with Crippen LogP contribution in [0.3, 0.4) is 0 Å². The summed E-state index contributed by atoms with van der Waals surface area (Å²) in [4.78, 5) is 4.28. The topological polar surface area (TPSA) is 88.3 Å². The fraction of sp³-hybridized carbons (Fsp3) is 0.462. The zero-order valence-corrected chi connectivity index (χ0v) is 11.1. The maximum Gasteiger partial charge on any atom is 0.148 e. The molecule has 4 N–H and O–H groups in total. The van der Waals surface area contributed by atoms with Crippen LogP contribution >= 0.6 is 0 Å². The minimum Gasteiger partial charge on any atom is -0.508 e. The first-order valence-corrected chi connectivity index (χ1v) is 6.26. The lowest BCUT2D eigenvalue weighted by atomic mass is 9.98. The summed E-state index contributed by atoms with van der Waals surface area (Å²) in [6.07, 6.45) is 0. The highest BCUT2D eigenvalue weighted by molar-refractivity contribution is 6.02. The molecule has 0 spiro atoms. The van der Waals surface area contributed by atoms with Crippen LogP contribution in [0.1, 0.15) is 30.9 Å². The van der Waals surface area contributed by atoms with E-state index in [0.717, 1.165) is 5.56 Å². The zero-order chi connectivity index (χ0) is 14.0. The van der Waals surface area contributed by atoms with Crippen LogP contribution in [0.15, 0.2) is 17.1 Å². The minimum atomic E-state index is -0.0148. The normalized spacial score (nSPS) is 15.7. The summed E-state index contributed by atoms with van der Waals surface area (Å²) in [6, 6.07) is 3.08. The smallest absolute Gasteiger partial charge is 0.148 e. The number of aliphatic imine (C=N–C) groups is 1. The van der Waals surface area contributed by atoms with Gasteiger partial charge in [0, 0.05) is 12.6 Å². The molecule has 6 nitrogen and oxygen atoms in total. The van der Waals surface area contributed by atoms with Gasteiger partial charge in [-0.25, -0.2) is 4.99 Å². The van der Waals surface area contributed by atoms with E-state index in [0.29, 0.717) is 24.6 Å². The maximum atomic E-state index is 9.93. The molecule has 1 aromatic rings. The Labute approximate surface area is 112 Å². The number of benzene rings is 1. The van der Waals surface area contributed by atoms with Crippen molar-refractivity contribution in [2.24, 2.45) is 4.99 Å². The van der Waals surface area contributed by atoms with E-state index in [9.17, 15) is 10.2 Å². The number of nitrogens with zero attached hydrogens (tertiary/aromatic N) is 2. The molecule has 19 heavy (non-hydrogen) atoms. The van der Waals surface area contributed by atoms with Crippen LogP contribution in [0.5, 0.6) is 11.5 Å². The van der Waals surface area contributed by atoms with Crippen LogP contribution in [0.2, 0.25) is 0 Å². The second-order valence-corrected chi connectivity index (χ2v) is 4.83. The number of aliphatic hydroxyl groups excluding tert-OH is 1. The van der Waals surface area contributed by atoms with Gasteiger partial charge in [-0.2, -0.15) is 5.01 Å². The zero-order valence-electron chi connectivity index (χ0n) is 11.1. The highest BCUT2D eigenvalue weighted by Crippen LogP contribution is 2.32. The predicted octanol–water partition coefficient (Wildman–Crippen LogP) is 0.738. The summed E-state index contributed by atoms with van der Waals surface area (Å²) in [5.41, 5.74) is 4.34. The minimum absolute atomic E-state index is 0.0148. The fourth-order valence-electron chi connectivity index (χ4n) is 2.02. The molecule has 1 heterocycles. The highest BCUT2D eigenvalue weighted by atomic mass is 16.3. The summed E-state index contributed by atoms with van der Waals surface area (Å²) >= 11 is 0. The lowest BCUT2D eigenvalue weighted by Gasteiger charge is -2.16. The van der Waals surface area contributed by atoms with Gasteiger partial charge in [0.25, 0.3) is 0 Å². The average molecular weight is 265 g/mol. The molecule has 0 aliphatic carbocycles. The molecule has 1 aliphatic heterocycles. The Morgan fingerprint density at radius 2 is 2.05 bits per heavy atom. The van der Waals surface area contributed by atoms with Gasteiger partial charge in [-0.3, -0.25) is 0 Å². The van der Waals surface area contributed by atoms with Crippen LogP contribution in [0, 0.1) is 0 Å². The number of nitrogens with one attached hydrogen (secondary N) is 1. The number of hydrazine groups is 1. The Kier molecular flexibility index (Phi) is 3.92. The van der Waals surface area contributed by atoms with E-state index < -0.39 is 0 Å². The average Bonchev–Trinajstić information content (AvgIpc) is 2.77. The van der Waals surface area contributed by atoms with Crippen LogP contribution in [-0.2, 0) is 0 Å². The van der Waals surface area contributed by atoms with Crippen molar-refractivity contribution in [1.29, 1.82) is 0 Å². The van der Waals surface area contributed by atoms with E-state index in [4.69, 9.17) is 5.11 Å². The van der Waals surface area contributed by atoms with E-state index in [1.54, 1.807) is 11.1 Å². The molecular weight excluding hydrogens is 246 g/mol. The van der Waals surface area contributed by atoms with Crippen molar-refractivity contribution >= 4 is 5.84 Å². The SMILES string of the molecule is CC(C)c1cc(C2=NCN(CCO)N2)c(O)cc1O. The summed E-state index contributed by atoms with van der Waals surface area (Å²) < 4.78 is 0. The number of hydrogen-bond acceptors (Lipinski definition) is 6. The third-order valence-electron chi connectivity index (χ3n) is 3.06. The Bertz CT molecular complexity index is 500. The van der Waals surface area contributed by atoms with Gasteiger partial charge in [-0.05, 0) is 17.5 Å². The van der Waals surface area contributed by atoms with Crippen molar-refractivity contribution in [3.05, 3.63) is 23.3 Å². The lowest BCUT2D eigenvalue weighted by molar-refractivity contribution is 0.188. The van der Waals surface area contributed by atoms with Crippen molar-refractivity contribution in [3.8, 4) is 11.5 Å². The Morgan fingerprint density at radius 3 is 2.68 bits per heavy atom. The maximum absolute atomic E-state index is 9.93. The van der Waals surface area contributed by atoms with E-state index in [1.165, 1.54) is 6.07 Å². The molecule has 2 rings (SSSR count). The van der Waals surface area contributed by atoms with Crippen LogP contribution in [0.25, 0.3) is 0 Å². The molecular formula is C13H19N3O3. The van der Waals surface area contributed by atoms with Gasteiger partial charge in [0.05, 0.1) is 12.2 Å². The Balaban J connectivity index is 2.28. The molecule has 104 valence electrons. The number of phenols is 2. The second-order valence-electron chi connectivity index (χ2n) is 4.83. The molecule has 0 amide bonds. The summed E-state index contributed by atoms with van der Waals surface area (Å²) in [5.74, 6) is 0.767. The largest absolute Gasteiger partial charge is 0.508 e. The first-order valence-electron chi connectivity index (χ1n) is 6.26. The number of amidine groups is 1. The second kappa shape index (κ2) is 5.46. The molecule has 0 saturated carbocycles. The first-order chi connectivity index (χ1) is 9.02. The number of β-amino-alcohol motifs (C(OH)–C–C–N with tert-alkyl or cyclic N) is 1. The van der Waals surface area contributed by atoms with E-state index in [-0.39, 0.29) is 24.0 Å². The summed E-state index contributed by atoms with van der Waals surface area (Å²) in [6.45, 7) is 4.86. The molecule has 0 aromatic heterocycles. The number of phenolic OH excluding ortho intramolecular Hbond substituents is 2. The summed E-state index contributed by atoms with van der Waals surface area (Å²) in [7, 11) is 0. The van der Waals surface area contributed by atoms with Gasteiger partial charge in [0.2, 0.25) is 0 Å². The van der Waals surface area contributed by atoms with Gasteiger partial charge in [0.15, 0.2) is 0 Å². The van der Waals surface area contributed by atoms with Crippen LogP contribution in [-0.4, -0.2) is 46.0 Å². The standard InChI is InChI=1S/C13H19N3O3/c1-8(2)9-5-10(12(19)6-11(9)18)13-14-7-16(15-13)3-4-17/h5-6,8,17-19H,3-4,7H2,1-2H3,(H,14,15). The molecule has 6 heteroatoms. The van der Waals surface area contributed by atoms with E-state index >= 15 is 0 Å². The Morgan fingerprint density at radius 1 is 1.32 bits per heavy atom. The number of rotatable bonds is 4. The van der Waals surface area contributed by atoms with Gasteiger partial charge in [0.1, 0.15) is 24.0 Å². The van der Waals surface area contributed by atoms with Gasteiger partial charge in [-0.15, -0.1) is 0 Å². The summed E-state index contributed by atoms with van der Waals surface area (Å²) in [5, 5.41) is 30.3. The molecule has 1 aliphatic rings. The van der Waals surface area contributed by atoms with Crippen molar-refractivity contribution in [1.82, 2.24) is 10.4 Å². The van der Waals surface area contributed by atoms with Crippen LogP contribution in [0.4, 0.5) is 0 Å². The van der Waals surface area contributed by atoms with Crippen molar-refractivity contribution < 1.29 is 15.3 Å². The monoisotopic (exact) mass is 265 g/mol. The molecule has 1 aromatic carbocycles. The molecule has 0 radical (unpaired) electrons. The molecule has 0 unspecified atom stereocenters. The number of aromatic hydroxyl groups is 2. The van der Waals surface area contributed by atoms with Crippen molar-refractivity contribution in [3.63, 3.8) is 0 Å². The van der Waals surface area contributed by atoms with Gasteiger partial charge < -0.3 is 20.7 Å². The Hall–Kier alpha value is -1.79. The van der Waals surface area contributed by atoms with Gasteiger partial charge >= 0.3 is 0 Å². The predicted molar refractivity (Wildman–Crippen MR) is 72.2 cm³/mol. The van der Waals surface area contributed by atoms with Crippen LogP contribution < -0.4 is 5.43 Å². The molecule has 0 atom stereocenters. The third kappa shape index (κ3) is 2.80.